The number of ether oxygens (including phenoxy) is 1. The highest BCUT2D eigenvalue weighted by molar-refractivity contribution is 6.13. The van der Waals surface area contributed by atoms with Gasteiger partial charge in [-0.05, 0) is 55.8 Å². The van der Waals surface area contributed by atoms with Crippen LogP contribution in [-0.2, 0) is 23.8 Å². The molecule has 1 saturated heterocycles. The average Bonchev–Trinajstić information content (AvgIpc) is 3.38. The lowest BCUT2D eigenvalue weighted by Crippen LogP contribution is -2.47. The third-order valence-electron chi connectivity index (χ3n) is 7.40. The third-order valence-corrected chi connectivity index (χ3v) is 7.40. The molecule has 172 valence electrons. The number of para-hydroxylation sites is 1. The summed E-state index contributed by atoms with van der Waals surface area (Å²) in [6, 6.07) is 16.1. The first-order chi connectivity index (χ1) is 16.6. The number of anilines is 2. The fraction of sp³-hybridized carbons (Fsp3) is 0.296. The molecule has 34 heavy (non-hydrogen) atoms. The zero-order chi connectivity index (χ0) is 23.3. The van der Waals surface area contributed by atoms with E-state index in [4.69, 9.17) is 4.74 Å². The van der Waals surface area contributed by atoms with Crippen molar-refractivity contribution in [2.24, 2.45) is 7.05 Å². The lowest BCUT2D eigenvalue weighted by molar-refractivity contribution is -0.124. The highest BCUT2D eigenvalue weighted by Gasteiger charge is 2.52. The summed E-state index contributed by atoms with van der Waals surface area (Å²) in [6.45, 7) is 2.52. The largest absolute Gasteiger partial charge is 0.497 e. The Morgan fingerprint density at radius 1 is 1.06 bits per heavy atom. The predicted molar refractivity (Wildman–Crippen MR) is 131 cm³/mol. The predicted octanol–water partition coefficient (Wildman–Crippen LogP) is 4.19. The summed E-state index contributed by atoms with van der Waals surface area (Å²) < 4.78 is 7.39. The molecule has 2 aliphatic heterocycles. The number of aromatic nitrogens is 3. The van der Waals surface area contributed by atoms with E-state index in [9.17, 15) is 4.79 Å². The Labute approximate surface area is 198 Å². The molecule has 0 N–H and O–H groups in total. The second-order valence-corrected chi connectivity index (χ2v) is 9.22. The van der Waals surface area contributed by atoms with E-state index in [0.29, 0.717) is 0 Å². The van der Waals surface area contributed by atoms with Gasteiger partial charge in [0.25, 0.3) is 0 Å². The van der Waals surface area contributed by atoms with Crippen LogP contribution in [0.4, 0.5) is 11.4 Å². The Balaban J connectivity index is 1.32. The number of piperidine rings is 1. The minimum atomic E-state index is -0.496. The van der Waals surface area contributed by atoms with E-state index in [1.54, 1.807) is 13.3 Å². The van der Waals surface area contributed by atoms with E-state index < -0.39 is 5.41 Å². The van der Waals surface area contributed by atoms with Gasteiger partial charge in [-0.25, -0.2) is 4.98 Å². The number of carbonyl (C=O) groups excluding carboxylic acids is 1. The maximum atomic E-state index is 14.1. The Kier molecular flexibility index (Phi) is 4.88. The van der Waals surface area contributed by atoms with Gasteiger partial charge in [0, 0.05) is 30.9 Å². The van der Waals surface area contributed by atoms with Crippen molar-refractivity contribution in [1.29, 1.82) is 0 Å². The minimum Gasteiger partial charge on any atom is -0.497 e. The van der Waals surface area contributed by atoms with Crippen molar-refractivity contribution in [3.05, 3.63) is 78.5 Å². The molecule has 1 spiro atoms. The molecule has 1 fully saturated rings. The van der Waals surface area contributed by atoms with E-state index in [2.05, 4.69) is 31.6 Å². The maximum Gasteiger partial charge on any atom is 0.242 e. The van der Waals surface area contributed by atoms with Crippen LogP contribution in [0.25, 0.3) is 10.9 Å². The number of hydrogen-bond acceptors (Lipinski definition) is 5. The van der Waals surface area contributed by atoms with Crippen LogP contribution in [0, 0.1) is 0 Å². The first-order valence-electron chi connectivity index (χ1n) is 11.7. The zero-order valence-corrected chi connectivity index (χ0v) is 19.4. The van der Waals surface area contributed by atoms with Crippen molar-refractivity contribution >= 4 is 28.2 Å². The highest BCUT2D eigenvalue weighted by Crippen LogP contribution is 2.50. The van der Waals surface area contributed by atoms with Gasteiger partial charge in [0.05, 0.1) is 42.2 Å². The fourth-order valence-corrected chi connectivity index (χ4v) is 5.43. The number of hydrogen-bond donors (Lipinski definition) is 0. The zero-order valence-electron chi connectivity index (χ0n) is 19.4. The normalized spacial score (nSPS) is 17.5. The summed E-state index contributed by atoms with van der Waals surface area (Å²) in [5, 5.41) is 0.981. The second kappa shape index (κ2) is 7.95. The van der Waals surface area contributed by atoms with Crippen LogP contribution in [0.3, 0.4) is 0 Å². The molecule has 0 bridgehead atoms. The van der Waals surface area contributed by atoms with Crippen LogP contribution >= 0.6 is 0 Å². The van der Waals surface area contributed by atoms with E-state index in [1.165, 1.54) is 0 Å². The van der Waals surface area contributed by atoms with E-state index >= 15 is 0 Å². The molecule has 4 aromatic rings. The first kappa shape index (κ1) is 20.9. The molecule has 4 heterocycles. The molecule has 0 unspecified atom stereocenters. The van der Waals surface area contributed by atoms with E-state index in [-0.39, 0.29) is 5.91 Å². The van der Waals surface area contributed by atoms with Crippen molar-refractivity contribution in [2.45, 2.75) is 24.8 Å². The fourth-order valence-electron chi connectivity index (χ4n) is 5.43. The number of nitrogens with zero attached hydrogens (tertiary/aromatic N) is 5. The Bertz CT molecular complexity index is 1390. The van der Waals surface area contributed by atoms with Crippen molar-refractivity contribution < 1.29 is 9.53 Å². The standard InChI is InChI=1S/C27H27N5O2/c1-30-14-11-28-25(30)18-31-12-9-27(10-13-31)22-5-3-4-6-24(22)32(26(27)33)20-15-19-7-8-21(34-2)16-23(19)29-17-20/h3-8,11,14-17H,9-10,12-13,18H2,1-2H3. The van der Waals surface area contributed by atoms with Crippen LogP contribution in [-0.4, -0.2) is 45.5 Å². The van der Waals surface area contributed by atoms with Crippen molar-refractivity contribution in [1.82, 2.24) is 19.4 Å². The first-order valence-corrected chi connectivity index (χ1v) is 11.7. The third kappa shape index (κ3) is 3.19. The van der Waals surface area contributed by atoms with Crippen molar-refractivity contribution in [3.63, 3.8) is 0 Å². The summed E-state index contributed by atoms with van der Waals surface area (Å²) in [4.78, 5) is 27.5. The Morgan fingerprint density at radius 3 is 2.65 bits per heavy atom. The number of aryl methyl sites for hydroxylation is 1. The Morgan fingerprint density at radius 2 is 1.88 bits per heavy atom. The number of carbonyl (C=O) groups is 1. The number of rotatable bonds is 4. The summed E-state index contributed by atoms with van der Waals surface area (Å²) in [5.74, 6) is 1.97. The summed E-state index contributed by atoms with van der Waals surface area (Å²) in [6.07, 6.45) is 7.20. The van der Waals surface area contributed by atoms with Gasteiger partial charge in [0.1, 0.15) is 11.6 Å². The number of amides is 1. The minimum absolute atomic E-state index is 0.153. The van der Waals surface area contributed by atoms with E-state index in [0.717, 1.165) is 71.9 Å². The lowest BCUT2D eigenvalue weighted by atomic mass is 9.73. The van der Waals surface area contributed by atoms with E-state index in [1.807, 2.05) is 60.7 Å². The molecule has 1 amide bonds. The lowest BCUT2D eigenvalue weighted by Gasteiger charge is -2.38. The molecule has 0 saturated carbocycles. The van der Waals surface area contributed by atoms with Gasteiger partial charge in [0.2, 0.25) is 5.91 Å². The number of fused-ring (bicyclic) bond motifs is 3. The van der Waals surface area contributed by atoms with Crippen molar-refractivity contribution in [2.75, 3.05) is 25.1 Å². The van der Waals surface area contributed by atoms with Crippen LogP contribution in [0.5, 0.6) is 5.75 Å². The number of methoxy groups -OCH3 is 1. The van der Waals surface area contributed by atoms with Gasteiger partial charge in [-0.2, -0.15) is 0 Å². The topological polar surface area (TPSA) is 63.5 Å². The Hall–Kier alpha value is -3.71. The van der Waals surface area contributed by atoms with Gasteiger partial charge in [0.15, 0.2) is 0 Å². The SMILES string of the molecule is COc1ccc2cc(N3C(=O)C4(CCN(Cc5nccn5C)CC4)c4ccccc43)cnc2c1. The summed E-state index contributed by atoms with van der Waals surface area (Å²) >= 11 is 0. The van der Waals surface area contributed by atoms with Crippen molar-refractivity contribution in [3.8, 4) is 5.75 Å². The van der Waals surface area contributed by atoms with Gasteiger partial charge in [-0.15, -0.1) is 0 Å². The smallest absolute Gasteiger partial charge is 0.242 e. The molecule has 2 aromatic carbocycles. The molecule has 2 aromatic heterocycles. The number of likely N-dealkylation sites (tertiary alicyclic amines) is 1. The quantitative estimate of drug-likeness (QED) is 0.464. The number of pyridine rings is 1. The molecule has 0 radical (unpaired) electrons. The molecular weight excluding hydrogens is 426 g/mol. The number of benzene rings is 2. The molecule has 2 aliphatic rings. The maximum absolute atomic E-state index is 14.1. The van der Waals surface area contributed by atoms with Gasteiger partial charge >= 0.3 is 0 Å². The molecular formula is C27H27N5O2. The van der Waals surface area contributed by atoms with Gasteiger partial charge in [-0.1, -0.05) is 18.2 Å². The highest BCUT2D eigenvalue weighted by atomic mass is 16.5. The van der Waals surface area contributed by atoms with Gasteiger partial charge < -0.3 is 9.30 Å². The van der Waals surface area contributed by atoms with Crippen LogP contribution < -0.4 is 9.64 Å². The molecule has 0 atom stereocenters. The van der Waals surface area contributed by atoms with Crippen LogP contribution in [0.1, 0.15) is 24.2 Å². The summed E-state index contributed by atoms with van der Waals surface area (Å²) in [7, 11) is 3.67. The van der Waals surface area contributed by atoms with Gasteiger partial charge in [-0.3, -0.25) is 19.6 Å². The second-order valence-electron chi connectivity index (χ2n) is 9.22. The van der Waals surface area contributed by atoms with Crippen LogP contribution in [0.2, 0.25) is 0 Å². The molecule has 6 rings (SSSR count). The average molecular weight is 454 g/mol. The molecule has 7 heteroatoms. The molecule has 0 aliphatic carbocycles. The molecule has 7 nitrogen and oxygen atoms in total. The summed E-state index contributed by atoms with van der Waals surface area (Å²) in [5.41, 5.74) is 3.26. The monoisotopic (exact) mass is 453 g/mol. The number of imidazole rings is 1. The van der Waals surface area contributed by atoms with Crippen LogP contribution in [0.15, 0.2) is 67.1 Å².